The summed E-state index contributed by atoms with van der Waals surface area (Å²) in [5, 5.41) is 0. The minimum atomic E-state index is -4.07. The summed E-state index contributed by atoms with van der Waals surface area (Å²) in [7, 11) is -9.67. The first kappa shape index (κ1) is 21.9. The lowest BCUT2D eigenvalue weighted by molar-refractivity contribution is 0.122. The summed E-state index contributed by atoms with van der Waals surface area (Å²) in [6.45, 7) is 0.794. The Morgan fingerprint density at radius 2 is 1.14 bits per heavy atom. The third-order valence-electron chi connectivity index (χ3n) is 2.13. The van der Waals surface area contributed by atoms with Crippen molar-refractivity contribution in [3.05, 3.63) is 0 Å². The van der Waals surface area contributed by atoms with Gasteiger partial charge in [-0.3, -0.25) is 21.9 Å². The van der Waals surface area contributed by atoms with Gasteiger partial charge in [0.25, 0.3) is 20.2 Å². The Bertz CT molecular complexity index is 511. The Kier molecular flexibility index (Phi) is 9.90. The zero-order chi connectivity index (χ0) is 17.3. The van der Waals surface area contributed by atoms with Gasteiger partial charge in [-0.2, -0.15) is 16.8 Å². The lowest BCUT2D eigenvalue weighted by Crippen LogP contribution is -2.16. The van der Waals surface area contributed by atoms with E-state index < -0.39 is 52.8 Å². The summed E-state index contributed by atoms with van der Waals surface area (Å²) < 4.78 is 79.6. The maximum atomic E-state index is 12.2. The van der Waals surface area contributed by atoms with Gasteiger partial charge in [0.1, 0.15) is 0 Å². The average Bonchev–Trinajstić information content (AvgIpc) is 2.45. The van der Waals surface area contributed by atoms with Crippen LogP contribution in [0.3, 0.4) is 0 Å². The second-order valence-corrected chi connectivity index (χ2v) is 9.19. The highest BCUT2D eigenvalue weighted by molar-refractivity contribution is 7.87. The van der Waals surface area contributed by atoms with Crippen molar-refractivity contribution in [2.24, 2.45) is 0 Å². The van der Waals surface area contributed by atoms with E-state index in [2.05, 4.69) is 8.37 Å². The van der Waals surface area contributed by atoms with Gasteiger partial charge in [-0.1, -0.05) is 6.92 Å². The normalized spacial score (nSPS) is 13.4. The van der Waals surface area contributed by atoms with Crippen molar-refractivity contribution in [1.82, 2.24) is 0 Å². The average molecular weight is 384 g/mol. The van der Waals surface area contributed by atoms with Crippen molar-refractivity contribution in [3.8, 4) is 0 Å². The maximum absolute atomic E-state index is 12.2. The van der Waals surface area contributed by atoms with Crippen LogP contribution in [0.25, 0.3) is 0 Å². The van der Waals surface area contributed by atoms with Crippen LogP contribution in [-0.4, -0.2) is 62.4 Å². The molecule has 10 nitrogen and oxygen atoms in total. The van der Waals surface area contributed by atoms with Crippen LogP contribution in [0, 0.1) is 0 Å². The second-order valence-electron chi connectivity index (χ2n) is 3.80. The molecule has 0 saturated heterocycles. The van der Waals surface area contributed by atoms with Crippen LogP contribution in [0.15, 0.2) is 0 Å². The van der Waals surface area contributed by atoms with E-state index in [9.17, 15) is 21.4 Å². The van der Waals surface area contributed by atoms with Crippen LogP contribution in [-0.2, 0) is 46.7 Å². The van der Waals surface area contributed by atoms with E-state index in [0.717, 1.165) is 14.2 Å². The van der Waals surface area contributed by atoms with Crippen molar-refractivity contribution < 1.29 is 43.3 Å². The minimum absolute atomic E-state index is 0.0331. The fourth-order valence-electron chi connectivity index (χ4n) is 0.984. The Morgan fingerprint density at radius 1 is 0.773 bits per heavy atom. The molecule has 0 aromatic carbocycles. The van der Waals surface area contributed by atoms with Crippen LogP contribution < -0.4 is 0 Å². The van der Waals surface area contributed by atoms with Crippen LogP contribution >= 0.6 is 7.82 Å². The highest BCUT2D eigenvalue weighted by Gasteiger charge is 2.28. The smallest absolute Gasteiger partial charge is 0.287 e. The first-order valence-corrected chi connectivity index (χ1v) is 10.8. The van der Waals surface area contributed by atoms with E-state index in [1.54, 1.807) is 6.92 Å². The molecular weight excluding hydrogens is 363 g/mol. The molecule has 0 radical (unpaired) electrons. The van der Waals surface area contributed by atoms with E-state index in [1.165, 1.54) is 0 Å². The SMILES string of the molecule is CCCOP(=O)(OCCS(=O)(=O)OC)OCCS(=O)(=O)OC. The zero-order valence-electron chi connectivity index (χ0n) is 12.6. The molecule has 13 heteroatoms. The summed E-state index contributed by atoms with van der Waals surface area (Å²) in [6.07, 6.45) is 0.503. The second kappa shape index (κ2) is 9.93. The van der Waals surface area contributed by atoms with Crippen LogP contribution in [0.4, 0.5) is 0 Å². The van der Waals surface area contributed by atoms with Crippen LogP contribution in [0.2, 0.25) is 0 Å². The van der Waals surface area contributed by atoms with Gasteiger partial charge in [0.15, 0.2) is 0 Å². The van der Waals surface area contributed by atoms with Gasteiger partial charge >= 0.3 is 7.82 Å². The first-order chi connectivity index (χ1) is 10.1. The molecule has 0 amide bonds. The van der Waals surface area contributed by atoms with E-state index in [4.69, 9.17) is 13.6 Å². The van der Waals surface area contributed by atoms with Gasteiger partial charge in [-0.25, -0.2) is 4.57 Å². The Morgan fingerprint density at radius 3 is 1.45 bits per heavy atom. The highest BCUT2D eigenvalue weighted by atomic mass is 32.2. The van der Waals surface area contributed by atoms with Crippen molar-refractivity contribution in [1.29, 1.82) is 0 Å². The number of phosphoric acid groups is 1. The number of phosphoric ester groups is 1. The number of rotatable bonds is 13. The summed E-state index contributed by atoms with van der Waals surface area (Å²) in [6, 6.07) is 0. The first-order valence-electron chi connectivity index (χ1n) is 6.20. The third-order valence-corrected chi connectivity index (χ3v) is 5.97. The molecular formula is C9H21O10PS2. The van der Waals surface area contributed by atoms with Crippen LogP contribution in [0.5, 0.6) is 0 Å². The lowest BCUT2D eigenvalue weighted by atomic mass is 10.5. The molecule has 0 aliphatic carbocycles. The van der Waals surface area contributed by atoms with Gasteiger partial charge in [0, 0.05) is 0 Å². The van der Waals surface area contributed by atoms with Gasteiger partial charge in [-0.05, 0) is 6.42 Å². The fourth-order valence-corrected chi connectivity index (χ4v) is 3.40. The van der Waals surface area contributed by atoms with Crippen LogP contribution in [0.1, 0.15) is 13.3 Å². The maximum Gasteiger partial charge on any atom is 0.474 e. The summed E-state index contributed by atoms with van der Waals surface area (Å²) in [5.41, 5.74) is 0. The molecule has 0 atom stereocenters. The summed E-state index contributed by atoms with van der Waals surface area (Å²) in [5.74, 6) is -1.11. The monoisotopic (exact) mass is 384 g/mol. The van der Waals surface area contributed by atoms with E-state index in [0.29, 0.717) is 6.42 Å². The molecule has 22 heavy (non-hydrogen) atoms. The molecule has 0 bridgehead atoms. The Labute approximate surface area is 130 Å². The largest absolute Gasteiger partial charge is 0.474 e. The van der Waals surface area contributed by atoms with Crippen molar-refractivity contribution in [2.75, 3.05) is 45.5 Å². The predicted octanol–water partition coefficient (Wildman–Crippen LogP) is 0.507. The minimum Gasteiger partial charge on any atom is -0.287 e. The highest BCUT2D eigenvalue weighted by Crippen LogP contribution is 2.49. The molecule has 0 heterocycles. The fraction of sp³-hybridized carbons (Fsp3) is 1.00. The molecule has 0 N–H and O–H groups in total. The lowest BCUT2D eigenvalue weighted by Gasteiger charge is -2.17. The van der Waals surface area contributed by atoms with Gasteiger partial charge in [-0.15, -0.1) is 0 Å². The molecule has 0 aromatic rings. The molecule has 134 valence electrons. The van der Waals surface area contributed by atoms with Gasteiger partial charge in [0.2, 0.25) is 0 Å². The topological polar surface area (TPSA) is 132 Å². The number of hydrogen-bond acceptors (Lipinski definition) is 10. The van der Waals surface area contributed by atoms with Crippen molar-refractivity contribution in [2.45, 2.75) is 13.3 Å². The molecule has 0 spiro atoms. The quantitative estimate of drug-likeness (QED) is 0.327. The van der Waals surface area contributed by atoms with E-state index in [-0.39, 0.29) is 6.61 Å². The Balaban J connectivity index is 4.55. The van der Waals surface area contributed by atoms with Gasteiger partial charge < -0.3 is 0 Å². The predicted molar refractivity (Wildman–Crippen MR) is 77.3 cm³/mol. The molecule has 0 aromatic heterocycles. The molecule has 0 rings (SSSR count). The molecule has 0 aliphatic rings. The molecule has 0 aliphatic heterocycles. The summed E-state index contributed by atoms with van der Waals surface area (Å²) >= 11 is 0. The zero-order valence-corrected chi connectivity index (χ0v) is 15.1. The standard InChI is InChI=1S/C9H21O10PS2/c1-4-5-17-20(10,18-6-8-21(11,12)15-2)19-7-9-22(13,14)16-3/h4-9H2,1-3H3. The van der Waals surface area contributed by atoms with Crippen molar-refractivity contribution >= 4 is 28.1 Å². The molecule has 0 fully saturated rings. The molecule has 0 saturated carbocycles. The van der Waals surface area contributed by atoms with E-state index in [1.807, 2.05) is 0 Å². The summed E-state index contributed by atoms with van der Waals surface area (Å²) in [4.78, 5) is 0. The number of hydrogen-bond donors (Lipinski definition) is 0. The van der Waals surface area contributed by atoms with E-state index >= 15 is 0 Å². The molecule has 0 unspecified atom stereocenters. The van der Waals surface area contributed by atoms with Crippen molar-refractivity contribution in [3.63, 3.8) is 0 Å². The van der Waals surface area contributed by atoms with Gasteiger partial charge in [0.05, 0.1) is 45.5 Å². The Hall–Kier alpha value is -0.0700. The third kappa shape index (κ3) is 9.85.